The zero-order valence-corrected chi connectivity index (χ0v) is 16.6. The van der Waals surface area contributed by atoms with Crippen molar-refractivity contribution in [3.63, 3.8) is 0 Å². The van der Waals surface area contributed by atoms with E-state index in [1.807, 2.05) is 10.7 Å². The monoisotopic (exact) mass is 367 g/mol. The van der Waals surface area contributed by atoms with Crippen LogP contribution in [-0.4, -0.2) is 53.6 Å². The van der Waals surface area contributed by atoms with E-state index >= 15 is 0 Å². The van der Waals surface area contributed by atoms with Gasteiger partial charge in [-0.05, 0) is 58.9 Å². The Bertz CT molecular complexity index is 772. The molecule has 0 aromatic carbocycles. The molecule has 2 atom stereocenters. The first-order chi connectivity index (χ1) is 11.5. The Hall–Kier alpha value is -1.37. The fourth-order valence-corrected chi connectivity index (χ4v) is 5.37. The van der Waals surface area contributed by atoms with Gasteiger partial charge in [0.05, 0.1) is 10.8 Å². The van der Waals surface area contributed by atoms with Crippen LogP contribution in [0.15, 0.2) is 6.07 Å². The van der Waals surface area contributed by atoms with Crippen molar-refractivity contribution in [2.75, 3.05) is 13.3 Å². The van der Waals surface area contributed by atoms with Crippen molar-refractivity contribution in [2.45, 2.75) is 75.6 Å². The Morgan fingerprint density at radius 1 is 1.24 bits per heavy atom. The van der Waals surface area contributed by atoms with Crippen molar-refractivity contribution < 1.29 is 13.2 Å². The maximum atomic E-state index is 13.0. The molecule has 2 aliphatic carbocycles. The predicted molar refractivity (Wildman–Crippen MR) is 97.6 cm³/mol. The summed E-state index contributed by atoms with van der Waals surface area (Å²) < 4.78 is 26.0. The molecule has 2 saturated carbocycles. The number of rotatable bonds is 4. The third kappa shape index (κ3) is 3.61. The summed E-state index contributed by atoms with van der Waals surface area (Å²) in [5, 5.41) is 4.13. The van der Waals surface area contributed by atoms with Crippen LogP contribution >= 0.6 is 0 Å². The van der Waals surface area contributed by atoms with Gasteiger partial charge in [-0.25, -0.2) is 8.42 Å². The molecule has 1 amide bonds. The lowest BCUT2D eigenvalue weighted by Gasteiger charge is -2.28. The molecule has 0 saturated heterocycles. The molecule has 0 radical (unpaired) electrons. The predicted octanol–water partition coefficient (Wildman–Crippen LogP) is 2.55. The number of carbonyl (C=O) groups is 1. The largest absolute Gasteiger partial charge is 0.336 e. The van der Waals surface area contributed by atoms with Crippen molar-refractivity contribution in [1.29, 1.82) is 0 Å². The molecule has 0 N–H and O–H groups in total. The lowest BCUT2D eigenvalue weighted by molar-refractivity contribution is 0.0729. The van der Waals surface area contributed by atoms with Crippen LogP contribution in [0.25, 0.3) is 0 Å². The first kappa shape index (κ1) is 18.4. The Labute approximate surface area is 150 Å². The average molecular weight is 368 g/mol. The molecule has 0 unspecified atom stereocenters. The van der Waals surface area contributed by atoms with E-state index in [4.69, 9.17) is 0 Å². The Kier molecular flexibility index (Phi) is 4.50. The van der Waals surface area contributed by atoms with E-state index in [1.165, 1.54) is 6.26 Å². The Morgan fingerprint density at radius 3 is 2.40 bits per heavy atom. The Balaban J connectivity index is 1.88. The van der Waals surface area contributed by atoms with Crippen molar-refractivity contribution in [3.05, 3.63) is 17.5 Å². The van der Waals surface area contributed by atoms with Crippen LogP contribution in [0.5, 0.6) is 0 Å². The minimum atomic E-state index is -3.16. The summed E-state index contributed by atoms with van der Waals surface area (Å²) in [7, 11) is -1.45. The summed E-state index contributed by atoms with van der Waals surface area (Å²) in [5.41, 5.74) is 1.37. The molecule has 1 heterocycles. The highest BCUT2D eigenvalue weighted by molar-refractivity contribution is 7.91. The van der Waals surface area contributed by atoms with E-state index in [9.17, 15) is 13.2 Å². The van der Waals surface area contributed by atoms with Crippen LogP contribution in [0.3, 0.4) is 0 Å². The Morgan fingerprint density at radius 2 is 1.88 bits per heavy atom. The van der Waals surface area contributed by atoms with Crippen LogP contribution in [0, 0.1) is 0 Å². The highest BCUT2D eigenvalue weighted by atomic mass is 32.2. The normalized spacial score (nSPS) is 24.5. The fourth-order valence-electron chi connectivity index (χ4n) is 3.89. The molecule has 1 aromatic heterocycles. The molecule has 2 aliphatic rings. The minimum Gasteiger partial charge on any atom is -0.336 e. The maximum absolute atomic E-state index is 13.0. The summed E-state index contributed by atoms with van der Waals surface area (Å²) in [6, 6.07) is 1.65. The first-order valence-corrected chi connectivity index (χ1v) is 11.0. The van der Waals surface area contributed by atoms with E-state index in [2.05, 4.69) is 25.9 Å². The lowest BCUT2D eigenvalue weighted by atomic mass is 10.1. The molecule has 0 spiro atoms. The number of nitrogens with zero attached hydrogens (tertiary/aromatic N) is 3. The summed E-state index contributed by atoms with van der Waals surface area (Å²) in [6.45, 7) is 6.25. The van der Waals surface area contributed by atoms with Crippen molar-refractivity contribution >= 4 is 15.7 Å². The molecule has 3 rings (SSSR count). The number of hydrogen-bond acceptors (Lipinski definition) is 4. The van der Waals surface area contributed by atoms with Crippen molar-refractivity contribution in [2.24, 2.45) is 0 Å². The average Bonchev–Trinajstić information content (AvgIpc) is 3.03. The third-order valence-corrected chi connectivity index (χ3v) is 7.02. The van der Waals surface area contributed by atoms with Gasteiger partial charge in [0.1, 0.15) is 0 Å². The standard InChI is InChI=1S/C18H29N3O3S/c1-18(2,3)21-15(12-9-10-12)11-13(19-21)17(22)20(4)14-7-6-8-16(14)25(5,23)24/h11-12,14,16H,6-10H2,1-5H3/t14-,16-/m0/s1. The van der Waals surface area contributed by atoms with Gasteiger partial charge in [0, 0.05) is 31.0 Å². The molecule has 0 aliphatic heterocycles. The van der Waals surface area contributed by atoms with Gasteiger partial charge >= 0.3 is 0 Å². The highest BCUT2D eigenvalue weighted by Crippen LogP contribution is 2.42. The second kappa shape index (κ2) is 6.11. The lowest BCUT2D eigenvalue weighted by Crippen LogP contribution is -2.44. The molecule has 2 fully saturated rings. The van der Waals surface area contributed by atoms with E-state index in [1.54, 1.807) is 11.9 Å². The minimum absolute atomic E-state index is 0.176. The van der Waals surface area contributed by atoms with E-state index in [-0.39, 0.29) is 17.5 Å². The van der Waals surface area contributed by atoms with Crippen LogP contribution in [0.2, 0.25) is 0 Å². The van der Waals surface area contributed by atoms with Crippen LogP contribution in [0.4, 0.5) is 0 Å². The first-order valence-electron chi connectivity index (χ1n) is 9.06. The van der Waals surface area contributed by atoms with Gasteiger partial charge in [-0.15, -0.1) is 0 Å². The van der Waals surface area contributed by atoms with Crippen LogP contribution < -0.4 is 0 Å². The molecule has 1 aromatic rings. The van der Waals surface area contributed by atoms with Crippen LogP contribution in [-0.2, 0) is 15.4 Å². The van der Waals surface area contributed by atoms with Crippen LogP contribution in [0.1, 0.15) is 75.0 Å². The summed E-state index contributed by atoms with van der Waals surface area (Å²) >= 11 is 0. The highest BCUT2D eigenvalue weighted by Gasteiger charge is 2.40. The second-order valence-corrected chi connectivity index (χ2v) is 10.9. The molecule has 140 valence electrons. The molecule has 6 nitrogen and oxygen atoms in total. The van der Waals surface area contributed by atoms with Gasteiger partial charge in [0.2, 0.25) is 0 Å². The van der Waals surface area contributed by atoms with Gasteiger partial charge in [-0.1, -0.05) is 0 Å². The molecular weight excluding hydrogens is 338 g/mol. The number of carbonyl (C=O) groups excluding carboxylic acids is 1. The van der Waals surface area contributed by atoms with Gasteiger partial charge in [-0.3, -0.25) is 9.48 Å². The van der Waals surface area contributed by atoms with E-state index in [0.717, 1.165) is 31.4 Å². The second-order valence-electron chi connectivity index (χ2n) is 8.59. The molecule has 25 heavy (non-hydrogen) atoms. The van der Waals surface area contributed by atoms with E-state index in [0.29, 0.717) is 18.0 Å². The van der Waals surface area contributed by atoms with E-state index < -0.39 is 15.1 Å². The third-order valence-electron chi connectivity index (χ3n) is 5.37. The van der Waals surface area contributed by atoms with Crippen molar-refractivity contribution in [3.8, 4) is 0 Å². The summed E-state index contributed by atoms with van der Waals surface area (Å²) in [4.78, 5) is 14.6. The number of aromatic nitrogens is 2. The summed E-state index contributed by atoms with van der Waals surface area (Å²) in [6.07, 6.45) is 5.76. The fraction of sp³-hybridized carbons (Fsp3) is 0.778. The number of amides is 1. The SMILES string of the molecule is CN(C(=O)c1cc(C2CC2)n(C(C)(C)C)n1)[C@H]1CCC[C@@H]1S(C)(=O)=O. The molecule has 0 bridgehead atoms. The van der Waals surface area contributed by atoms with Crippen molar-refractivity contribution in [1.82, 2.24) is 14.7 Å². The maximum Gasteiger partial charge on any atom is 0.274 e. The topological polar surface area (TPSA) is 72.3 Å². The number of hydrogen-bond donors (Lipinski definition) is 0. The van der Waals surface area contributed by atoms with Gasteiger partial charge in [0.15, 0.2) is 15.5 Å². The summed E-state index contributed by atoms with van der Waals surface area (Å²) in [5.74, 6) is 0.319. The van der Waals surface area contributed by atoms with Gasteiger partial charge in [-0.2, -0.15) is 5.10 Å². The smallest absolute Gasteiger partial charge is 0.274 e. The molecular formula is C18H29N3O3S. The van der Waals surface area contributed by atoms with Gasteiger partial charge < -0.3 is 4.90 Å². The number of sulfone groups is 1. The quantitative estimate of drug-likeness (QED) is 0.820. The molecule has 7 heteroatoms. The zero-order valence-electron chi connectivity index (χ0n) is 15.8. The van der Waals surface area contributed by atoms with Gasteiger partial charge in [0.25, 0.3) is 5.91 Å². The zero-order chi connectivity index (χ0) is 18.6.